The Morgan fingerprint density at radius 2 is 1.90 bits per heavy atom. The number of aromatic nitrogens is 2. The van der Waals surface area contributed by atoms with Crippen LogP contribution in [0.2, 0.25) is 0 Å². The van der Waals surface area contributed by atoms with Crippen molar-refractivity contribution in [2.45, 2.75) is 13.3 Å². The van der Waals surface area contributed by atoms with Crippen LogP contribution in [0.25, 0.3) is 11.0 Å². The summed E-state index contributed by atoms with van der Waals surface area (Å²) in [5.74, 6) is 0.689. The molecule has 3 rings (SSSR count). The van der Waals surface area contributed by atoms with Crippen LogP contribution in [0.5, 0.6) is 5.75 Å². The van der Waals surface area contributed by atoms with E-state index in [0.29, 0.717) is 12.2 Å². The lowest BCUT2D eigenvalue weighted by Gasteiger charge is -2.06. The van der Waals surface area contributed by atoms with Gasteiger partial charge in [-0.25, -0.2) is 4.98 Å². The van der Waals surface area contributed by atoms with E-state index in [4.69, 9.17) is 4.74 Å². The highest BCUT2D eigenvalue weighted by Gasteiger charge is 2.12. The molecule has 1 heterocycles. The van der Waals surface area contributed by atoms with E-state index in [9.17, 15) is 4.79 Å². The Kier molecular flexibility index (Phi) is 3.69. The lowest BCUT2D eigenvalue weighted by atomic mass is 10.2. The maximum Gasteiger partial charge on any atom is 0.263 e. The topological polar surface area (TPSA) is 44.1 Å². The standard InChI is InChI=1S/C17H16N2O2/c1-2-11-21-14-9-7-13(8-10-14)17(20)19-12-18-15-5-3-4-6-16(15)19/h3-10,12H,2,11H2,1H3. The second-order valence-electron chi connectivity index (χ2n) is 4.78. The molecule has 4 nitrogen and oxygen atoms in total. The molecule has 1 aromatic heterocycles. The molecule has 0 aliphatic heterocycles. The fourth-order valence-electron chi connectivity index (χ4n) is 2.17. The van der Waals surface area contributed by atoms with Crippen molar-refractivity contribution in [3.8, 4) is 5.75 Å². The van der Waals surface area contributed by atoms with Crippen LogP contribution in [0, 0.1) is 0 Å². The third-order valence-corrected chi connectivity index (χ3v) is 3.25. The van der Waals surface area contributed by atoms with Crippen molar-refractivity contribution in [3.63, 3.8) is 0 Å². The van der Waals surface area contributed by atoms with Crippen molar-refractivity contribution in [1.29, 1.82) is 0 Å². The van der Waals surface area contributed by atoms with Crippen LogP contribution in [-0.2, 0) is 0 Å². The Morgan fingerprint density at radius 3 is 2.67 bits per heavy atom. The summed E-state index contributed by atoms with van der Waals surface area (Å²) in [6, 6.07) is 14.8. The lowest BCUT2D eigenvalue weighted by Crippen LogP contribution is -2.10. The molecule has 21 heavy (non-hydrogen) atoms. The highest BCUT2D eigenvalue weighted by molar-refractivity contribution is 6.01. The second-order valence-corrected chi connectivity index (χ2v) is 4.78. The molecule has 0 saturated carbocycles. The molecule has 0 aliphatic rings. The Balaban J connectivity index is 1.88. The third kappa shape index (κ3) is 2.65. The quantitative estimate of drug-likeness (QED) is 0.734. The summed E-state index contributed by atoms with van der Waals surface area (Å²) in [6.07, 6.45) is 2.52. The van der Waals surface area contributed by atoms with E-state index in [1.54, 1.807) is 23.0 Å². The smallest absolute Gasteiger partial charge is 0.263 e. The average Bonchev–Trinajstić information content (AvgIpc) is 2.97. The minimum atomic E-state index is -0.0919. The highest BCUT2D eigenvalue weighted by atomic mass is 16.5. The molecule has 3 aromatic rings. The van der Waals surface area contributed by atoms with Gasteiger partial charge in [-0.2, -0.15) is 0 Å². The molecule has 0 unspecified atom stereocenters. The van der Waals surface area contributed by atoms with Crippen molar-refractivity contribution >= 4 is 16.9 Å². The molecular weight excluding hydrogens is 264 g/mol. The first kappa shape index (κ1) is 13.4. The van der Waals surface area contributed by atoms with E-state index in [-0.39, 0.29) is 5.91 Å². The van der Waals surface area contributed by atoms with E-state index in [1.807, 2.05) is 36.4 Å². The maximum absolute atomic E-state index is 12.5. The lowest BCUT2D eigenvalue weighted by molar-refractivity contribution is 0.0964. The summed E-state index contributed by atoms with van der Waals surface area (Å²) < 4.78 is 7.09. The van der Waals surface area contributed by atoms with Crippen LogP contribution in [0.3, 0.4) is 0 Å². The van der Waals surface area contributed by atoms with Crippen LogP contribution in [0.1, 0.15) is 23.7 Å². The summed E-state index contributed by atoms with van der Waals surface area (Å²) in [7, 11) is 0. The van der Waals surface area contributed by atoms with E-state index in [0.717, 1.165) is 23.2 Å². The van der Waals surface area contributed by atoms with Crippen molar-refractivity contribution in [3.05, 3.63) is 60.4 Å². The number of hydrogen-bond donors (Lipinski definition) is 0. The summed E-state index contributed by atoms with van der Waals surface area (Å²) in [5.41, 5.74) is 2.24. The summed E-state index contributed by atoms with van der Waals surface area (Å²) in [6.45, 7) is 2.74. The zero-order valence-electron chi connectivity index (χ0n) is 11.8. The number of nitrogens with zero attached hydrogens (tertiary/aromatic N) is 2. The average molecular weight is 280 g/mol. The molecular formula is C17H16N2O2. The molecule has 0 aliphatic carbocycles. The molecule has 106 valence electrons. The number of carbonyl (C=O) groups is 1. The van der Waals surface area contributed by atoms with Crippen LogP contribution in [0.4, 0.5) is 0 Å². The predicted molar refractivity (Wildman–Crippen MR) is 81.7 cm³/mol. The third-order valence-electron chi connectivity index (χ3n) is 3.25. The number of benzene rings is 2. The number of ether oxygens (including phenoxy) is 1. The van der Waals surface area contributed by atoms with Gasteiger partial charge in [0.05, 0.1) is 17.6 Å². The van der Waals surface area contributed by atoms with Gasteiger partial charge in [0.15, 0.2) is 0 Å². The number of fused-ring (bicyclic) bond motifs is 1. The first-order chi connectivity index (χ1) is 10.3. The largest absolute Gasteiger partial charge is 0.494 e. The monoisotopic (exact) mass is 280 g/mol. The van der Waals surface area contributed by atoms with Crippen molar-refractivity contribution in [1.82, 2.24) is 9.55 Å². The second kappa shape index (κ2) is 5.79. The zero-order chi connectivity index (χ0) is 14.7. The molecule has 0 bridgehead atoms. The van der Waals surface area contributed by atoms with Gasteiger partial charge in [-0.15, -0.1) is 0 Å². The van der Waals surface area contributed by atoms with Gasteiger partial charge in [0.25, 0.3) is 5.91 Å². The van der Waals surface area contributed by atoms with E-state index in [2.05, 4.69) is 11.9 Å². The van der Waals surface area contributed by atoms with Crippen LogP contribution in [-0.4, -0.2) is 22.1 Å². The summed E-state index contributed by atoms with van der Waals surface area (Å²) in [4.78, 5) is 16.8. The highest BCUT2D eigenvalue weighted by Crippen LogP contribution is 2.17. The number of para-hydroxylation sites is 2. The molecule has 0 N–H and O–H groups in total. The molecule has 2 aromatic carbocycles. The summed E-state index contributed by atoms with van der Waals surface area (Å²) in [5, 5.41) is 0. The first-order valence-electron chi connectivity index (χ1n) is 6.99. The van der Waals surface area contributed by atoms with Gasteiger partial charge in [-0.05, 0) is 42.8 Å². The number of imidazole rings is 1. The van der Waals surface area contributed by atoms with Gasteiger partial charge in [-0.3, -0.25) is 9.36 Å². The van der Waals surface area contributed by atoms with Crippen LogP contribution < -0.4 is 4.74 Å². The van der Waals surface area contributed by atoms with E-state index < -0.39 is 0 Å². The Hall–Kier alpha value is -2.62. The van der Waals surface area contributed by atoms with Gasteiger partial charge >= 0.3 is 0 Å². The molecule has 0 radical (unpaired) electrons. The fraction of sp³-hybridized carbons (Fsp3) is 0.176. The van der Waals surface area contributed by atoms with Crippen LogP contribution in [0.15, 0.2) is 54.9 Å². The fourth-order valence-corrected chi connectivity index (χ4v) is 2.17. The minimum Gasteiger partial charge on any atom is -0.494 e. The zero-order valence-corrected chi connectivity index (χ0v) is 11.8. The molecule has 0 saturated heterocycles. The van der Waals surface area contributed by atoms with Crippen molar-refractivity contribution in [2.75, 3.05) is 6.61 Å². The van der Waals surface area contributed by atoms with Gasteiger partial charge in [0.1, 0.15) is 12.1 Å². The molecule has 0 fully saturated rings. The van der Waals surface area contributed by atoms with Gasteiger partial charge in [0, 0.05) is 5.56 Å². The number of rotatable bonds is 4. The van der Waals surface area contributed by atoms with Crippen molar-refractivity contribution < 1.29 is 9.53 Å². The molecule has 0 amide bonds. The minimum absolute atomic E-state index is 0.0919. The Morgan fingerprint density at radius 1 is 1.14 bits per heavy atom. The Labute approximate surface area is 123 Å². The number of carbonyl (C=O) groups excluding carboxylic acids is 1. The molecule has 0 atom stereocenters. The van der Waals surface area contributed by atoms with Gasteiger partial charge < -0.3 is 4.74 Å². The maximum atomic E-state index is 12.5. The Bertz CT molecular complexity index is 760. The normalized spacial score (nSPS) is 10.7. The molecule has 0 spiro atoms. The predicted octanol–water partition coefficient (Wildman–Crippen LogP) is 3.51. The van der Waals surface area contributed by atoms with Gasteiger partial charge in [0.2, 0.25) is 0 Å². The first-order valence-corrected chi connectivity index (χ1v) is 6.99. The summed E-state index contributed by atoms with van der Waals surface area (Å²) >= 11 is 0. The number of hydrogen-bond acceptors (Lipinski definition) is 3. The van der Waals surface area contributed by atoms with E-state index in [1.165, 1.54) is 0 Å². The van der Waals surface area contributed by atoms with E-state index >= 15 is 0 Å². The van der Waals surface area contributed by atoms with Gasteiger partial charge in [-0.1, -0.05) is 19.1 Å². The van der Waals surface area contributed by atoms with Crippen LogP contribution >= 0.6 is 0 Å². The molecule has 4 heteroatoms. The van der Waals surface area contributed by atoms with Crippen molar-refractivity contribution in [2.24, 2.45) is 0 Å². The SMILES string of the molecule is CCCOc1ccc(C(=O)n2cnc3ccccc32)cc1.